The molecule has 0 aliphatic carbocycles. The van der Waals surface area contributed by atoms with Crippen LogP contribution in [0.1, 0.15) is 15.9 Å². The fourth-order valence-electron chi connectivity index (χ4n) is 1.46. The van der Waals surface area contributed by atoms with Crippen molar-refractivity contribution in [1.82, 2.24) is 0 Å². The number of Topliss-reactive ketones (excluding diaryl/α,β-unsaturated/α-hetero) is 1. The van der Waals surface area contributed by atoms with Crippen LogP contribution in [0.3, 0.4) is 0 Å². The van der Waals surface area contributed by atoms with Crippen molar-refractivity contribution in [3.63, 3.8) is 0 Å². The van der Waals surface area contributed by atoms with E-state index < -0.39 is 26.9 Å². The molecule has 2 unspecified atom stereocenters. The molecule has 0 bridgehead atoms. The van der Waals surface area contributed by atoms with Gasteiger partial charge in [0.25, 0.3) is 9.21 Å². The van der Waals surface area contributed by atoms with E-state index in [9.17, 15) is 24.6 Å². The summed E-state index contributed by atoms with van der Waals surface area (Å²) < 4.78 is -3.21. The predicted molar refractivity (Wildman–Crippen MR) is 74.7 cm³/mol. The first-order chi connectivity index (χ1) is 9.05. The van der Waals surface area contributed by atoms with Gasteiger partial charge in [-0.05, 0) is 29.5 Å². The lowest BCUT2D eigenvalue weighted by Gasteiger charge is -2.31. The third-order valence-corrected chi connectivity index (χ3v) is 3.96. The van der Waals surface area contributed by atoms with Crippen LogP contribution in [0.25, 0.3) is 0 Å². The van der Waals surface area contributed by atoms with Gasteiger partial charge in [0, 0.05) is 5.56 Å². The minimum absolute atomic E-state index is 0.225. The number of aryl methyl sites for hydroxylation is 1. The van der Waals surface area contributed by atoms with Gasteiger partial charge in [-0.2, -0.15) is 0 Å². The van der Waals surface area contributed by atoms with Crippen LogP contribution in [0, 0.1) is 6.92 Å². The summed E-state index contributed by atoms with van der Waals surface area (Å²) in [5.41, 5.74) is -2.95. The van der Waals surface area contributed by atoms with E-state index in [0.29, 0.717) is 0 Å². The Morgan fingerprint density at radius 2 is 1.45 bits per heavy atom. The van der Waals surface area contributed by atoms with Crippen LogP contribution in [-0.4, -0.2) is 47.4 Å². The van der Waals surface area contributed by atoms with Gasteiger partial charge in [0.15, 0.2) is 0 Å². The molecule has 1 rings (SSSR count). The fraction of sp³-hybridized carbons (Fsp3) is 0.250. The van der Waals surface area contributed by atoms with E-state index in [0.717, 1.165) is 28.2 Å². The summed E-state index contributed by atoms with van der Waals surface area (Å²) in [6.07, 6.45) is 0. The Labute approximate surface area is 127 Å². The number of carboxylic acids is 2. The van der Waals surface area contributed by atoms with Crippen molar-refractivity contribution < 1.29 is 34.8 Å². The number of ketones is 1. The van der Waals surface area contributed by atoms with Crippen molar-refractivity contribution in [1.29, 1.82) is 0 Å². The molecule has 1 aromatic rings. The van der Waals surface area contributed by atoms with Gasteiger partial charge >= 0.3 is 11.9 Å². The van der Waals surface area contributed by atoms with Gasteiger partial charge < -0.3 is 20.4 Å². The molecular formula is C12H11IO7. The second kappa shape index (κ2) is 5.46. The predicted octanol–water partition coefficient (Wildman–Crippen LogP) is 0.202. The Kier molecular flexibility index (Phi) is 4.52. The number of hydrogen-bond donors (Lipinski definition) is 4. The molecule has 7 nitrogen and oxygen atoms in total. The summed E-state index contributed by atoms with van der Waals surface area (Å²) in [5, 5.41) is 37.5. The molecule has 0 fully saturated rings. The van der Waals surface area contributed by atoms with E-state index in [1.807, 2.05) is 0 Å². The molecular weight excluding hydrogens is 383 g/mol. The normalized spacial score (nSPS) is 16.8. The molecule has 0 saturated carbocycles. The van der Waals surface area contributed by atoms with Crippen molar-refractivity contribution >= 4 is 40.3 Å². The van der Waals surface area contributed by atoms with Crippen LogP contribution in [0.2, 0.25) is 0 Å². The average Bonchev–Trinajstić information content (AvgIpc) is 2.37. The van der Waals surface area contributed by atoms with Gasteiger partial charge in [0.1, 0.15) is 0 Å². The number of carbonyl (C=O) groups excluding carboxylic acids is 1. The summed E-state index contributed by atoms with van der Waals surface area (Å²) in [6.45, 7) is 1.73. The van der Waals surface area contributed by atoms with Crippen LogP contribution in [0.5, 0.6) is 0 Å². The average molecular weight is 394 g/mol. The van der Waals surface area contributed by atoms with Gasteiger partial charge in [-0.1, -0.05) is 29.8 Å². The summed E-state index contributed by atoms with van der Waals surface area (Å²) in [4.78, 5) is 34.2. The minimum atomic E-state index is -3.51. The third-order valence-electron chi connectivity index (χ3n) is 2.71. The van der Waals surface area contributed by atoms with Gasteiger partial charge in [-0.25, -0.2) is 9.59 Å². The number of carbonyl (C=O) groups is 3. The zero-order valence-corrected chi connectivity index (χ0v) is 12.4. The molecule has 108 valence electrons. The van der Waals surface area contributed by atoms with Crippen LogP contribution in [0.4, 0.5) is 0 Å². The zero-order valence-electron chi connectivity index (χ0n) is 10.2. The minimum Gasteiger partial charge on any atom is -0.479 e. The summed E-state index contributed by atoms with van der Waals surface area (Å²) in [7, 11) is 0. The number of carboxylic acid groups (broad SMARTS) is 2. The van der Waals surface area contributed by atoms with Crippen molar-refractivity contribution in [2.24, 2.45) is 0 Å². The Morgan fingerprint density at radius 3 is 1.80 bits per heavy atom. The third kappa shape index (κ3) is 2.53. The summed E-state index contributed by atoms with van der Waals surface area (Å²) in [6, 6.07) is 5.45. The highest BCUT2D eigenvalue weighted by atomic mass is 127. The number of hydrogen-bond acceptors (Lipinski definition) is 5. The second-order valence-corrected chi connectivity index (χ2v) is 5.70. The molecule has 0 saturated heterocycles. The molecule has 1 aromatic carbocycles. The van der Waals surface area contributed by atoms with Crippen LogP contribution >= 0.6 is 22.6 Å². The zero-order chi connectivity index (χ0) is 15.7. The van der Waals surface area contributed by atoms with E-state index in [4.69, 9.17) is 10.2 Å². The molecule has 4 N–H and O–H groups in total. The van der Waals surface area contributed by atoms with E-state index >= 15 is 0 Å². The van der Waals surface area contributed by atoms with E-state index in [2.05, 4.69) is 0 Å². The molecule has 8 heteroatoms. The van der Waals surface area contributed by atoms with Crippen molar-refractivity contribution in [3.05, 3.63) is 35.4 Å². The Morgan fingerprint density at radius 1 is 1.00 bits per heavy atom. The second-order valence-electron chi connectivity index (χ2n) is 4.14. The van der Waals surface area contributed by atoms with E-state index in [1.54, 1.807) is 6.92 Å². The van der Waals surface area contributed by atoms with Crippen molar-refractivity contribution in [2.75, 3.05) is 0 Å². The van der Waals surface area contributed by atoms with Crippen LogP contribution in [-0.2, 0) is 9.59 Å². The highest BCUT2D eigenvalue weighted by Crippen LogP contribution is 2.33. The Bertz CT molecular complexity index is 564. The largest absolute Gasteiger partial charge is 0.479 e. The molecule has 2 atom stereocenters. The van der Waals surface area contributed by atoms with Crippen LogP contribution < -0.4 is 0 Å². The van der Waals surface area contributed by atoms with Gasteiger partial charge in [0.2, 0.25) is 5.78 Å². The Balaban J connectivity index is 3.41. The fourth-order valence-corrected chi connectivity index (χ4v) is 1.93. The van der Waals surface area contributed by atoms with Gasteiger partial charge in [-0.15, -0.1) is 0 Å². The SMILES string of the molecule is Cc1ccc(C(=O)C(O)(C(=O)O)C(O)(I)C(=O)O)cc1. The van der Waals surface area contributed by atoms with Gasteiger partial charge in [-0.3, -0.25) is 4.79 Å². The topological polar surface area (TPSA) is 132 Å². The monoisotopic (exact) mass is 394 g/mol. The molecule has 0 heterocycles. The van der Waals surface area contributed by atoms with Gasteiger partial charge in [0.05, 0.1) is 0 Å². The quantitative estimate of drug-likeness (QED) is 0.243. The van der Waals surface area contributed by atoms with E-state index in [-0.39, 0.29) is 5.56 Å². The maximum atomic E-state index is 12.1. The van der Waals surface area contributed by atoms with Crippen molar-refractivity contribution in [3.8, 4) is 0 Å². The Hall–Kier alpha value is -1.52. The van der Waals surface area contributed by atoms with Crippen LogP contribution in [0.15, 0.2) is 24.3 Å². The maximum Gasteiger partial charge on any atom is 0.350 e. The lowest BCUT2D eigenvalue weighted by atomic mass is 9.87. The van der Waals surface area contributed by atoms with E-state index in [1.165, 1.54) is 24.3 Å². The number of rotatable bonds is 5. The molecule has 0 aromatic heterocycles. The maximum absolute atomic E-state index is 12.1. The molecule has 0 radical (unpaired) electrons. The first-order valence-electron chi connectivity index (χ1n) is 5.27. The smallest absolute Gasteiger partial charge is 0.350 e. The number of alkyl halides is 1. The summed E-state index contributed by atoms with van der Waals surface area (Å²) in [5.74, 6) is -5.60. The number of aliphatic hydroxyl groups is 2. The standard InChI is InChI=1S/C12H11IO7/c1-6-2-4-7(5-3-6)8(14)11(19,9(15)16)12(13,20)10(17)18/h2-5,19-20H,1H3,(H,15,16)(H,17,18). The number of halogens is 1. The molecule has 0 aliphatic rings. The highest BCUT2D eigenvalue weighted by Gasteiger charge is 2.64. The highest BCUT2D eigenvalue weighted by molar-refractivity contribution is 14.1. The lowest BCUT2D eigenvalue weighted by Crippen LogP contribution is -2.64. The first-order valence-corrected chi connectivity index (χ1v) is 6.35. The number of aliphatic carboxylic acids is 2. The number of benzene rings is 1. The summed E-state index contributed by atoms with van der Waals surface area (Å²) >= 11 is 0.813. The molecule has 0 spiro atoms. The first kappa shape index (κ1) is 16.5. The molecule has 0 amide bonds. The molecule has 20 heavy (non-hydrogen) atoms. The lowest BCUT2D eigenvalue weighted by molar-refractivity contribution is -0.178. The molecule has 0 aliphatic heterocycles. The van der Waals surface area contributed by atoms with Crippen molar-refractivity contribution in [2.45, 2.75) is 16.1 Å².